The molecule has 1 N–H and O–H groups in total. The van der Waals surface area contributed by atoms with Crippen molar-refractivity contribution in [3.05, 3.63) is 93.9 Å². The predicted molar refractivity (Wildman–Crippen MR) is 124 cm³/mol. The molecule has 7 heteroatoms. The van der Waals surface area contributed by atoms with Crippen molar-refractivity contribution in [3.8, 4) is 11.5 Å². The van der Waals surface area contributed by atoms with E-state index >= 15 is 0 Å². The number of nitrogens with one attached hydrogen (secondary N) is 1. The Morgan fingerprint density at radius 1 is 1.06 bits per heavy atom. The van der Waals surface area contributed by atoms with E-state index in [0.717, 1.165) is 45.1 Å². The smallest absolute Gasteiger partial charge is 0.242 e. The fourth-order valence-corrected chi connectivity index (χ4v) is 3.83. The maximum atomic E-state index is 13.0. The second kappa shape index (κ2) is 9.40. The lowest BCUT2D eigenvalue weighted by Gasteiger charge is -2.07. The van der Waals surface area contributed by atoms with Crippen molar-refractivity contribution >= 4 is 5.91 Å². The number of halogens is 1. The molecule has 4 rings (SSSR count). The third-order valence-electron chi connectivity index (χ3n) is 5.84. The fourth-order valence-electron chi connectivity index (χ4n) is 3.83. The summed E-state index contributed by atoms with van der Waals surface area (Å²) in [5, 5.41) is 7.43. The molecule has 0 fully saturated rings. The number of rotatable bonds is 7. The number of aryl methyl sites for hydroxylation is 3. The molecular formula is C26H27FN4O2. The third-order valence-corrected chi connectivity index (χ3v) is 5.84. The van der Waals surface area contributed by atoms with E-state index in [2.05, 4.69) is 10.4 Å². The zero-order chi connectivity index (χ0) is 23.5. The topological polar surface area (TPSA) is 73.0 Å². The van der Waals surface area contributed by atoms with Crippen LogP contribution >= 0.6 is 0 Å². The zero-order valence-electron chi connectivity index (χ0n) is 19.3. The summed E-state index contributed by atoms with van der Waals surface area (Å²) in [4.78, 5) is 17.2. The van der Waals surface area contributed by atoms with Crippen LogP contribution in [0.25, 0.3) is 11.5 Å². The average molecular weight is 447 g/mol. The number of benzene rings is 2. The van der Waals surface area contributed by atoms with E-state index in [1.807, 2.05) is 52.0 Å². The number of nitrogens with zero attached hydrogens (tertiary/aromatic N) is 3. The summed E-state index contributed by atoms with van der Waals surface area (Å²) in [5.74, 6) is 0.935. The summed E-state index contributed by atoms with van der Waals surface area (Å²) >= 11 is 0. The summed E-state index contributed by atoms with van der Waals surface area (Å²) in [6.45, 7) is 8.30. The van der Waals surface area contributed by atoms with Gasteiger partial charge < -0.3 is 9.73 Å². The first-order chi connectivity index (χ1) is 15.8. The number of aromatic nitrogens is 3. The van der Waals surface area contributed by atoms with Gasteiger partial charge in [0.2, 0.25) is 11.8 Å². The monoisotopic (exact) mass is 446 g/mol. The van der Waals surface area contributed by atoms with Gasteiger partial charge in [0.15, 0.2) is 0 Å². The van der Waals surface area contributed by atoms with Crippen LogP contribution in [-0.4, -0.2) is 20.7 Å². The normalized spacial score (nSPS) is 11.1. The maximum Gasteiger partial charge on any atom is 0.242 e. The number of amides is 1. The quantitative estimate of drug-likeness (QED) is 0.442. The highest BCUT2D eigenvalue weighted by atomic mass is 19.1. The lowest BCUT2D eigenvalue weighted by molar-refractivity contribution is -0.122. The Kier molecular flexibility index (Phi) is 6.40. The van der Waals surface area contributed by atoms with Gasteiger partial charge in [-0.2, -0.15) is 5.10 Å². The summed E-state index contributed by atoms with van der Waals surface area (Å²) in [6.07, 6.45) is 0.579. The Hall–Kier alpha value is -3.74. The molecule has 0 aliphatic carbocycles. The second-order valence-corrected chi connectivity index (χ2v) is 8.22. The maximum absolute atomic E-state index is 13.0. The molecule has 0 atom stereocenters. The van der Waals surface area contributed by atoms with Crippen LogP contribution in [0.1, 0.15) is 39.5 Å². The second-order valence-electron chi connectivity index (χ2n) is 8.22. The highest BCUT2D eigenvalue weighted by molar-refractivity contribution is 5.75. The summed E-state index contributed by atoms with van der Waals surface area (Å²) in [7, 11) is 0. The van der Waals surface area contributed by atoms with Gasteiger partial charge in [0.05, 0.1) is 11.4 Å². The minimum Gasteiger partial charge on any atom is -0.441 e. The molecule has 6 nitrogen and oxygen atoms in total. The molecule has 4 aromatic rings. The molecule has 0 bridgehead atoms. The largest absolute Gasteiger partial charge is 0.441 e. The molecule has 1 amide bonds. The Balaban J connectivity index is 1.46. The van der Waals surface area contributed by atoms with Gasteiger partial charge in [0.25, 0.3) is 0 Å². The van der Waals surface area contributed by atoms with Crippen LogP contribution in [0.3, 0.4) is 0 Å². The number of hydrogen-bond donors (Lipinski definition) is 1. The van der Waals surface area contributed by atoms with E-state index in [0.29, 0.717) is 18.9 Å². The van der Waals surface area contributed by atoms with E-state index in [4.69, 9.17) is 9.40 Å². The Morgan fingerprint density at radius 3 is 2.52 bits per heavy atom. The average Bonchev–Trinajstić information content (AvgIpc) is 3.28. The standard InChI is InChI=1S/C26H27FN4O2/c1-16-7-5-6-8-22(16)26-29-24(19(4)33-26)13-23-17(2)30-31(18(23)3)15-25(32)28-14-20-9-11-21(27)12-10-20/h5-12H,13-15H2,1-4H3,(H,28,32). The van der Waals surface area contributed by atoms with Crippen LogP contribution in [0.15, 0.2) is 52.9 Å². The molecule has 2 aromatic carbocycles. The van der Waals surface area contributed by atoms with E-state index in [9.17, 15) is 9.18 Å². The molecule has 2 aromatic heterocycles. The summed E-state index contributed by atoms with van der Waals surface area (Å²) < 4.78 is 20.7. The molecule has 0 unspecified atom stereocenters. The van der Waals surface area contributed by atoms with Crippen LogP contribution in [0, 0.1) is 33.5 Å². The summed E-state index contributed by atoms with van der Waals surface area (Å²) in [5.41, 5.74) is 6.60. The van der Waals surface area contributed by atoms with Crippen LogP contribution in [-0.2, 0) is 24.3 Å². The van der Waals surface area contributed by atoms with E-state index < -0.39 is 0 Å². The minimum absolute atomic E-state index is 0.111. The van der Waals surface area contributed by atoms with Gasteiger partial charge in [0, 0.05) is 29.8 Å². The molecule has 0 saturated carbocycles. The number of carbonyl (C=O) groups is 1. The predicted octanol–water partition coefficient (Wildman–Crippen LogP) is 4.82. The van der Waals surface area contributed by atoms with Crippen molar-refractivity contribution in [3.63, 3.8) is 0 Å². The molecule has 0 radical (unpaired) electrons. The van der Waals surface area contributed by atoms with Crippen molar-refractivity contribution in [2.75, 3.05) is 0 Å². The van der Waals surface area contributed by atoms with Crippen LogP contribution < -0.4 is 5.32 Å². The van der Waals surface area contributed by atoms with E-state index in [-0.39, 0.29) is 18.3 Å². The number of oxazole rings is 1. The Bertz CT molecular complexity index is 1290. The van der Waals surface area contributed by atoms with E-state index in [1.165, 1.54) is 12.1 Å². The Morgan fingerprint density at radius 2 is 1.79 bits per heavy atom. The molecule has 0 saturated heterocycles. The van der Waals surface area contributed by atoms with Crippen molar-refractivity contribution in [2.45, 2.75) is 47.2 Å². The van der Waals surface area contributed by atoms with Crippen molar-refractivity contribution in [1.29, 1.82) is 0 Å². The van der Waals surface area contributed by atoms with Crippen molar-refractivity contribution in [1.82, 2.24) is 20.1 Å². The molecule has 170 valence electrons. The van der Waals surface area contributed by atoms with E-state index in [1.54, 1.807) is 16.8 Å². The molecular weight excluding hydrogens is 419 g/mol. The van der Waals surface area contributed by atoms with Gasteiger partial charge in [-0.15, -0.1) is 0 Å². The van der Waals surface area contributed by atoms with Gasteiger partial charge in [-0.25, -0.2) is 9.37 Å². The van der Waals surface area contributed by atoms with Crippen LogP contribution in [0.4, 0.5) is 4.39 Å². The fraction of sp³-hybridized carbons (Fsp3) is 0.269. The minimum atomic E-state index is -0.298. The van der Waals surface area contributed by atoms with Gasteiger partial charge in [0.1, 0.15) is 18.1 Å². The number of carbonyl (C=O) groups excluding carboxylic acids is 1. The lowest BCUT2D eigenvalue weighted by atomic mass is 10.1. The van der Waals surface area contributed by atoms with Gasteiger partial charge in [-0.05, 0) is 57.0 Å². The van der Waals surface area contributed by atoms with Crippen molar-refractivity contribution < 1.29 is 13.6 Å². The van der Waals surface area contributed by atoms with Gasteiger partial charge in [-0.1, -0.05) is 30.3 Å². The van der Waals surface area contributed by atoms with Gasteiger partial charge in [-0.3, -0.25) is 9.48 Å². The third kappa shape index (κ3) is 5.03. The lowest BCUT2D eigenvalue weighted by Crippen LogP contribution is -2.28. The zero-order valence-corrected chi connectivity index (χ0v) is 19.3. The number of hydrogen-bond acceptors (Lipinski definition) is 4. The Labute approximate surface area is 192 Å². The molecule has 2 heterocycles. The highest BCUT2D eigenvalue weighted by Gasteiger charge is 2.19. The summed E-state index contributed by atoms with van der Waals surface area (Å²) in [6, 6.07) is 14.1. The van der Waals surface area contributed by atoms with Crippen molar-refractivity contribution in [2.24, 2.45) is 0 Å². The first kappa shape index (κ1) is 22.5. The molecule has 0 aliphatic heterocycles. The molecule has 0 aliphatic rings. The molecule has 0 spiro atoms. The SMILES string of the molecule is Cc1ccccc1-c1nc(Cc2c(C)nn(CC(=O)NCc3ccc(F)cc3)c2C)c(C)o1. The van der Waals surface area contributed by atoms with Crippen LogP contribution in [0.2, 0.25) is 0 Å². The van der Waals surface area contributed by atoms with Crippen LogP contribution in [0.5, 0.6) is 0 Å². The first-order valence-corrected chi connectivity index (χ1v) is 10.9. The highest BCUT2D eigenvalue weighted by Crippen LogP contribution is 2.27. The molecule has 33 heavy (non-hydrogen) atoms. The first-order valence-electron chi connectivity index (χ1n) is 10.9. The van der Waals surface area contributed by atoms with Gasteiger partial charge >= 0.3 is 0 Å².